The van der Waals surface area contributed by atoms with E-state index in [2.05, 4.69) is 51.4 Å². The van der Waals surface area contributed by atoms with Crippen LogP contribution in [0, 0.1) is 13.8 Å². The third-order valence-electron chi connectivity index (χ3n) is 3.14. The molecule has 0 aliphatic carbocycles. The molecule has 0 spiro atoms. The summed E-state index contributed by atoms with van der Waals surface area (Å²) < 4.78 is 0.831. The second-order valence-electron chi connectivity index (χ2n) is 4.67. The Morgan fingerprint density at radius 2 is 2.00 bits per heavy atom. The summed E-state index contributed by atoms with van der Waals surface area (Å²) in [5.74, 6) is -0.265. The highest BCUT2D eigenvalue weighted by Crippen LogP contribution is 2.11. The molecule has 0 unspecified atom stereocenters. The number of H-pyrrole nitrogens is 1. The van der Waals surface area contributed by atoms with Crippen molar-refractivity contribution in [1.29, 1.82) is 0 Å². The molecule has 0 aliphatic rings. The van der Waals surface area contributed by atoms with Gasteiger partial charge in [0.2, 0.25) is 0 Å². The van der Waals surface area contributed by atoms with Crippen LogP contribution < -0.4 is 5.43 Å². The highest BCUT2D eigenvalue weighted by atomic mass is 79.9. The SMILES string of the molecule is C/C(=N/NC(=O)c1cc(Br)c[nH]1)c1ccc(C)c(C)c1. The van der Waals surface area contributed by atoms with E-state index < -0.39 is 0 Å². The van der Waals surface area contributed by atoms with Crippen LogP contribution in [0.25, 0.3) is 0 Å². The number of hydrogen-bond donors (Lipinski definition) is 2. The number of aryl methyl sites for hydroxylation is 2. The molecule has 0 saturated carbocycles. The van der Waals surface area contributed by atoms with E-state index in [1.165, 1.54) is 11.1 Å². The van der Waals surface area contributed by atoms with Crippen LogP contribution in [0.4, 0.5) is 0 Å². The molecule has 0 radical (unpaired) electrons. The average Bonchev–Trinajstić information content (AvgIpc) is 2.85. The van der Waals surface area contributed by atoms with Crippen molar-refractivity contribution in [1.82, 2.24) is 10.4 Å². The molecule has 1 aromatic carbocycles. The molecule has 1 heterocycles. The zero-order valence-electron chi connectivity index (χ0n) is 11.6. The monoisotopic (exact) mass is 333 g/mol. The summed E-state index contributed by atoms with van der Waals surface area (Å²) in [6.45, 7) is 5.99. The van der Waals surface area contributed by atoms with E-state index in [9.17, 15) is 4.79 Å². The summed E-state index contributed by atoms with van der Waals surface area (Å²) in [5, 5.41) is 4.13. The molecule has 0 bridgehead atoms. The summed E-state index contributed by atoms with van der Waals surface area (Å²) in [6, 6.07) is 7.81. The van der Waals surface area contributed by atoms with Gasteiger partial charge in [0.25, 0.3) is 5.91 Å². The lowest BCUT2D eigenvalue weighted by Gasteiger charge is -2.05. The lowest BCUT2D eigenvalue weighted by atomic mass is 10.0. The Balaban J connectivity index is 2.10. The smallest absolute Gasteiger partial charge is 0.287 e. The maximum absolute atomic E-state index is 11.8. The van der Waals surface area contributed by atoms with Crippen LogP contribution in [0.2, 0.25) is 0 Å². The quantitative estimate of drug-likeness (QED) is 0.655. The average molecular weight is 334 g/mol. The number of carbonyl (C=O) groups excluding carboxylic acids is 1. The third-order valence-corrected chi connectivity index (χ3v) is 3.60. The number of rotatable bonds is 3. The van der Waals surface area contributed by atoms with Crippen LogP contribution in [-0.4, -0.2) is 16.6 Å². The minimum atomic E-state index is -0.265. The fourth-order valence-corrected chi connectivity index (χ4v) is 2.07. The van der Waals surface area contributed by atoms with E-state index in [1.807, 2.05) is 19.1 Å². The second kappa shape index (κ2) is 6.05. The molecular formula is C15H16BrN3O. The number of amides is 1. The van der Waals surface area contributed by atoms with Gasteiger partial charge in [-0.05, 0) is 65.5 Å². The first-order valence-electron chi connectivity index (χ1n) is 6.23. The van der Waals surface area contributed by atoms with Gasteiger partial charge in [0.1, 0.15) is 5.69 Å². The normalized spacial score (nSPS) is 11.5. The van der Waals surface area contributed by atoms with Gasteiger partial charge in [-0.15, -0.1) is 0 Å². The molecule has 1 aromatic heterocycles. The number of hydrazone groups is 1. The van der Waals surface area contributed by atoms with Crippen molar-refractivity contribution in [3.8, 4) is 0 Å². The van der Waals surface area contributed by atoms with Crippen molar-refractivity contribution in [3.63, 3.8) is 0 Å². The minimum absolute atomic E-state index is 0.265. The first-order valence-corrected chi connectivity index (χ1v) is 7.03. The Morgan fingerprint density at radius 1 is 1.25 bits per heavy atom. The van der Waals surface area contributed by atoms with Gasteiger partial charge in [-0.25, -0.2) is 5.43 Å². The highest BCUT2D eigenvalue weighted by molar-refractivity contribution is 9.10. The Kier molecular flexibility index (Phi) is 4.39. The lowest BCUT2D eigenvalue weighted by molar-refractivity contribution is 0.0950. The van der Waals surface area contributed by atoms with Crippen molar-refractivity contribution in [2.75, 3.05) is 0 Å². The predicted octanol–water partition coefficient (Wildman–Crippen LogP) is 3.55. The Labute approximate surface area is 126 Å². The van der Waals surface area contributed by atoms with Crippen LogP contribution in [-0.2, 0) is 0 Å². The Morgan fingerprint density at radius 3 is 2.60 bits per heavy atom. The number of carbonyl (C=O) groups is 1. The van der Waals surface area contributed by atoms with E-state index in [1.54, 1.807) is 12.3 Å². The summed E-state index contributed by atoms with van der Waals surface area (Å²) in [4.78, 5) is 14.7. The summed E-state index contributed by atoms with van der Waals surface area (Å²) >= 11 is 3.28. The Bertz CT molecular complexity index is 674. The van der Waals surface area contributed by atoms with E-state index in [0.29, 0.717) is 5.69 Å². The first-order chi connectivity index (χ1) is 9.47. The molecule has 0 fully saturated rings. The Hall–Kier alpha value is -1.88. The van der Waals surface area contributed by atoms with Crippen LogP contribution in [0.15, 0.2) is 40.0 Å². The van der Waals surface area contributed by atoms with Gasteiger partial charge in [-0.3, -0.25) is 4.79 Å². The zero-order chi connectivity index (χ0) is 14.7. The van der Waals surface area contributed by atoms with Crippen LogP contribution in [0.1, 0.15) is 34.1 Å². The maximum Gasteiger partial charge on any atom is 0.287 e. The van der Waals surface area contributed by atoms with E-state index in [4.69, 9.17) is 0 Å². The largest absolute Gasteiger partial charge is 0.356 e. The summed E-state index contributed by atoms with van der Waals surface area (Å²) in [7, 11) is 0. The molecule has 2 N–H and O–H groups in total. The van der Waals surface area contributed by atoms with Crippen molar-refractivity contribution in [3.05, 3.63) is 57.3 Å². The van der Waals surface area contributed by atoms with Gasteiger partial charge in [-0.1, -0.05) is 12.1 Å². The molecule has 2 aromatic rings. The molecule has 104 valence electrons. The van der Waals surface area contributed by atoms with Crippen molar-refractivity contribution in [2.24, 2.45) is 5.10 Å². The van der Waals surface area contributed by atoms with E-state index >= 15 is 0 Å². The number of nitrogens with zero attached hydrogens (tertiary/aromatic N) is 1. The molecular weight excluding hydrogens is 318 g/mol. The van der Waals surface area contributed by atoms with Crippen LogP contribution in [0.5, 0.6) is 0 Å². The topological polar surface area (TPSA) is 57.2 Å². The van der Waals surface area contributed by atoms with Gasteiger partial charge in [0.05, 0.1) is 5.71 Å². The number of nitrogens with one attached hydrogen (secondary N) is 2. The molecule has 2 rings (SSSR count). The first kappa shape index (κ1) is 14.5. The second-order valence-corrected chi connectivity index (χ2v) is 5.58. The number of benzene rings is 1. The van der Waals surface area contributed by atoms with Crippen molar-refractivity contribution < 1.29 is 4.79 Å². The molecule has 0 saturated heterocycles. The molecule has 5 heteroatoms. The summed E-state index contributed by atoms with van der Waals surface area (Å²) in [6.07, 6.45) is 1.70. The number of aromatic nitrogens is 1. The van der Waals surface area contributed by atoms with Crippen molar-refractivity contribution in [2.45, 2.75) is 20.8 Å². The van der Waals surface area contributed by atoms with E-state index in [0.717, 1.165) is 15.7 Å². The highest BCUT2D eigenvalue weighted by Gasteiger charge is 2.07. The number of hydrogen-bond acceptors (Lipinski definition) is 2. The maximum atomic E-state index is 11.8. The molecule has 0 aliphatic heterocycles. The number of aromatic amines is 1. The number of halogens is 1. The van der Waals surface area contributed by atoms with Gasteiger partial charge in [-0.2, -0.15) is 5.10 Å². The lowest BCUT2D eigenvalue weighted by Crippen LogP contribution is -2.19. The fraction of sp³-hybridized carbons (Fsp3) is 0.200. The zero-order valence-corrected chi connectivity index (χ0v) is 13.2. The molecule has 1 amide bonds. The third kappa shape index (κ3) is 3.36. The van der Waals surface area contributed by atoms with Gasteiger partial charge in [0, 0.05) is 10.7 Å². The van der Waals surface area contributed by atoms with Gasteiger partial charge >= 0.3 is 0 Å². The van der Waals surface area contributed by atoms with Crippen molar-refractivity contribution >= 4 is 27.5 Å². The predicted molar refractivity (Wildman–Crippen MR) is 84.1 cm³/mol. The molecule has 0 atom stereocenters. The fourth-order valence-electron chi connectivity index (χ4n) is 1.72. The molecule has 20 heavy (non-hydrogen) atoms. The van der Waals surface area contributed by atoms with Gasteiger partial charge < -0.3 is 4.98 Å². The van der Waals surface area contributed by atoms with Crippen LogP contribution >= 0.6 is 15.9 Å². The van der Waals surface area contributed by atoms with E-state index in [-0.39, 0.29) is 5.91 Å². The summed E-state index contributed by atoms with van der Waals surface area (Å²) in [5.41, 5.74) is 7.22. The van der Waals surface area contributed by atoms with Gasteiger partial charge in [0.15, 0.2) is 0 Å². The molecule has 4 nitrogen and oxygen atoms in total. The standard InChI is InChI=1S/C15H16BrN3O/c1-9-4-5-12(6-10(9)2)11(3)18-19-15(20)14-7-13(16)8-17-14/h4-8,17H,1-3H3,(H,19,20)/b18-11-. The minimum Gasteiger partial charge on any atom is -0.356 e. The van der Waals surface area contributed by atoms with Crippen LogP contribution in [0.3, 0.4) is 0 Å².